The highest BCUT2D eigenvalue weighted by molar-refractivity contribution is 7.89. The fraction of sp³-hybridized carbons (Fsp3) is 0.423. The van der Waals surface area contributed by atoms with Crippen LogP contribution in [-0.4, -0.2) is 80.2 Å². The Morgan fingerprint density at radius 3 is 2.68 bits per heavy atom. The number of aromatic nitrogens is 2. The van der Waals surface area contributed by atoms with Crippen LogP contribution in [-0.2, 0) is 26.1 Å². The number of methoxy groups -OCH3 is 1. The molecule has 5 rings (SSSR count). The van der Waals surface area contributed by atoms with E-state index >= 15 is 0 Å². The molecule has 2 aliphatic rings. The first-order valence-electron chi connectivity index (χ1n) is 12.6. The van der Waals surface area contributed by atoms with E-state index in [0.29, 0.717) is 43.7 Å². The molecule has 1 N–H and O–H groups in total. The molecule has 2 fully saturated rings. The van der Waals surface area contributed by atoms with Gasteiger partial charge in [-0.15, -0.1) is 0 Å². The zero-order valence-electron chi connectivity index (χ0n) is 21.2. The first-order chi connectivity index (χ1) is 18.4. The molecule has 1 unspecified atom stereocenters. The van der Waals surface area contributed by atoms with Gasteiger partial charge < -0.3 is 19.3 Å². The molecular formula is C26H31N5O6S. The van der Waals surface area contributed by atoms with Crippen LogP contribution in [0, 0.1) is 5.92 Å². The van der Waals surface area contributed by atoms with Crippen molar-refractivity contribution in [3.63, 3.8) is 0 Å². The largest absolute Gasteiger partial charge is 0.495 e. The van der Waals surface area contributed by atoms with Crippen molar-refractivity contribution in [3.8, 4) is 17.1 Å². The number of nitrogens with one attached hydrogen (secondary N) is 1. The van der Waals surface area contributed by atoms with Crippen molar-refractivity contribution in [2.24, 2.45) is 5.92 Å². The van der Waals surface area contributed by atoms with Gasteiger partial charge in [0.25, 0.3) is 0 Å². The molecule has 0 spiro atoms. The first-order valence-corrected chi connectivity index (χ1v) is 14.1. The molecule has 38 heavy (non-hydrogen) atoms. The van der Waals surface area contributed by atoms with Crippen molar-refractivity contribution in [2.75, 3.05) is 51.8 Å². The van der Waals surface area contributed by atoms with Gasteiger partial charge in [0.1, 0.15) is 10.6 Å². The molecule has 0 bridgehead atoms. The SMILES string of the molecule is COc1ccc(NC(=O)C2CCCN(Cc3nc(-c4ccccc4)no3)C2)cc1S(=O)(=O)N1CCOCC1. The standard InChI is InChI=1S/C26H31N5O6S/c1-35-22-10-9-21(16-23(22)38(33,34)31-12-14-36-15-13-31)27-26(32)20-8-5-11-30(17-20)18-24-28-25(29-37-24)19-6-3-2-4-7-19/h2-4,6-7,9-10,16,20H,5,8,11-15,17-18H2,1H3,(H,27,32). The molecule has 12 heteroatoms. The second-order valence-electron chi connectivity index (χ2n) is 9.32. The minimum absolute atomic E-state index is 0.0237. The molecule has 1 aromatic heterocycles. The lowest BCUT2D eigenvalue weighted by atomic mass is 9.97. The van der Waals surface area contributed by atoms with E-state index in [9.17, 15) is 13.2 Å². The fourth-order valence-electron chi connectivity index (χ4n) is 4.75. The Morgan fingerprint density at radius 1 is 1.13 bits per heavy atom. The van der Waals surface area contributed by atoms with E-state index in [2.05, 4.69) is 20.4 Å². The lowest BCUT2D eigenvalue weighted by molar-refractivity contribution is -0.121. The van der Waals surface area contributed by atoms with Crippen LogP contribution in [0.1, 0.15) is 18.7 Å². The molecule has 2 aromatic carbocycles. The van der Waals surface area contributed by atoms with Crippen LogP contribution in [0.4, 0.5) is 5.69 Å². The van der Waals surface area contributed by atoms with Crippen LogP contribution >= 0.6 is 0 Å². The van der Waals surface area contributed by atoms with Gasteiger partial charge in [0, 0.05) is 30.9 Å². The van der Waals surface area contributed by atoms with E-state index < -0.39 is 10.0 Å². The molecule has 1 atom stereocenters. The Balaban J connectivity index is 1.24. The van der Waals surface area contributed by atoms with E-state index in [-0.39, 0.29) is 35.6 Å². The van der Waals surface area contributed by atoms with Gasteiger partial charge in [0.15, 0.2) is 0 Å². The maximum absolute atomic E-state index is 13.3. The van der Waals surface area contributed by atoms with Gasteiger partial charge in [-0.2, -0.15) is 9.29 Å². The molecular weight excluding hydrogens is 510 g/mol. The highest BCUT2D eigenvalue weighted by Gasteiger charge is 2.31. The van der Waals surface area contributed by atoms with Crippen LogP contribution in [0.15, 0.2) is 57.9 Å². The van der Waals surface area contributed by atoms with Gasteiger partial charge in [0.2, 0.25) is 27.6 Å². The number of amides is 1. The molecule has 3 aromatic rings. The number of carbonyl (C=O) groups is 1. The second-order valence-corrected chi connectivity index (χ2v) is 11.2. The normalized spacial score (nSPS) is 19.2. The number of likely N-dealkylation sites (tertiary alicyclic amines) is 1. The van der Waals surface area contributed by atoms with Crippen molar-refractivity contribution in [1.82, 2.24) is 19.3 Å². The number of piperidine rings is 1. The number of nitrogens with zero attached hydrogens (tertiary/aromatic N) is 4. The Morgan fingerprint density at radius 2 is 1.92 bits per heavy atom. The van der Waals surface area contributed by atoms with Gasteiger partial charge in [-0.1, -0.05) is 35.5 Å². The summed E-state index contributed by atoms with van der Waals surface area (Å²) >= 11 is 0. The number of hydrogen-bond acceptors (Lipinski definition) is 9. The van der Waals surface area contributed by atoms with Gasteiger partial charge >= 0.3 is 0 Å². The lowest BCUT2D eigenvalue weighted by Crippen LogP contribution is -2.41. The highest BCUT2D eigenvalue weighted by atomic mass is 32.2. The average Bonchev–Trinajstić information content (AvgIpc) is 3.42. The second kappa shape index (κ2) is 11.6. The first kappa shape index (κ1) is 26.3. The number of ether oxygens (including phenoxy) is 2. The summed E-state index contributed by atoms with van der Waals surface area (Å²) in [5, 5.41) is 6.98. The van der Waals surface area contributed by atoms with Crippen molar-refractivity contribution >= 4 is 21.6 Å². The summed E-state index contributed by atoms with van der Waals surface area (Å²) in [7, 11) is -2.38. The molecule has 202 valence electrons. The maximum atomic E-state index is 13.3. The third kappa shape index (κ3) is 5.88. The molecule has 11 nitrogen and oxygen atoms in total. The van der Waals surface area contributed by atoms with E-state index in [1.54, 1.807) is 12.1 Å². The third-order valence-corrected chi connectivity index (χ3v) is 8.67. The number of anilines is 1. The number of benzene rings is 2. The molecule has 0 radical (unpaired) electrons. The van der Waals surface area contributed by atoms with Gasteiger partial charge in [-0.05, 0) is 37.6 Å². The number of rotatable bonds is 8. The Labute approximate surface area is 221 Å². The number of morpholine rings is 1. The van der Waals surface area contributed by atoms with Crippen LogP contribution in [0.3, 0.4) is 0 Å². The summed E-state index contributed by atoms with van der Waals surface area (Å²) in [5.41, 5.74) is 1.29. The third-order valence-electron chi connectivity index (χ3n) is 6.75. The summed E-state index contributed by atoms with van der Waals surface area (Å²) in [6, 6.07) is 14.3. The van der Waals surface area contributed by atoms with Crippen molar-refractivity contribution in [3.05, 3.63) is 54.4 Å². The molecule has 3 heterocycles. The summed E-state index contributed by atoms with van der Waals surface area (Å²) in [6.07, 6.45) is 1.58. The maximum Gasteiger partial charge on any atom is 0.246 e. The topological polar surface area (TPSA) is 127 Å². The number of hydrogen-bond donors (Lipinski definition) is 1. The zero-order valence-corrected chi connectivity index (χ0v) is 22.0. The van der Waals surface area contributed by atoms with Crippen molar-refractivity contribution < 1.29 is 27.2 Å². The summed E-state index contributed by atoms with van der Waals surface area (Å²) in [5.74, 6) is 0.840. The molecule has 0 aliphatic carbocycles. The Bertz CT molecular complexity index is 1360. The van der Waals surface area contributed by atoms with Crippen LogP contribution in [0.5, 0.6) is 5.75 Å². The quantitative estimate of drug-likeness (QED) is 0.458. The average molecular weight is 542 g/mol. The van der Waals surface area contributed by atoms with Crippen LogP contribution in [0.2, 0.25) is 0 Å². The van der Waals surface area contributed by atoms with Gasteiger partial charge in [-0.3, -0.25) is 9.69 Å². The minimum Gasteiger partial charge on any atom is -0.495 e. The predicted octanol–water partition coefficient (Wildman–Crippen LogP) is 2.62. The summed E-state index contributed by atoms with van der Waals surface area (Å²) in [6.45, 7) is 3.02. The van der Waals surface area contributed by atoms with E-state index in [1.807, 2.05) is 30.3 Å². The smallest absolute Gasteiger partial charge is 0.246 e. The lowest BCUT2D eigenvalue weighted by Gasteiger charge is -2.31. The van der Waals surface area contributed by atoms with Crippen molar-refractivity contribution in [2.45, 2.75) is 24.3 Å². The summed E-state index contributed by atoms with van der Waals surface area (Å²) in [4.78, 5) is 19.8. The number of carbonyl (C=O) groups excluding carboxylic acids is 1. The molecule has 1 amide bonds. The highest BCUT2D eigenvalue weighted by Crippen LogP contribution is 2.31. The van der Waals surface area contributed by atoms with E-state index in [0.717, 1.165) is 24.9 Å². The Hall–Kier alpha value is -3.32. The molecule has 0 saturated carbocycles. The molecule has 2 saturated heterocycles. The van der Waals surface area contributed by atoms with E-state index in [4.69, 9.17) is 14.0 Å². The van der Waals surface area contributed by atoms with Crippen molar-refractivity contribution in [1.29, 1.82) is 0 Å². The summed E-state index contributed by atoms with van der Waals surface area (Å²) < 4.78 is 44.0. The number of sulfonamides is 1. The van der Waals surface area contributed by atoms with E-state index in [1.165, 1.54) is 17.5 Å². The van der Waals surface area contributed by atoms with Crippen LogP contribution < -0.4 is 10.1 Å². The van der Waals surface area contributed by atoms with Crippen LogP contribution in [0.25, 0.3) is 11.4 Å². The fourth-order valence-corrected chi connectivity index (χ4v) is 6.34. The minimum atomic E-state index is -3.80. The van der Waals surface area contributed by atoms with Gasteiger partial charge in [0.05, 0.1) is 32.8 Å². The van der Waals surface area contributed by atoms with Gasteiger partial charge in [-0.25, -0.2) is 8.42 Å². The zero-order chi connectivity index (χ0) is 26.5. The monoisotopic (exact) mass is 541 g/mol. The Kier molecular flexibility index (Phi) is 8.03. The molecule has 2 aliphatic heterocycles. The predicted molar refractivity (Wildman–Crippen MR) is 139 cm³/mol.